The molecule has 1 fully saturated rings. The van der Waals surface area contributed by atoms with Crippen molar-refractivity contribution in [2.45, 2.75) is 25.8 Å². The van der Waals surface area contributed by atoms with Gasteiger partial charge in [-0.1, -0.05) is 17.3 Å². The molecule has 0 saturated carbocycles. The number of benzene rings is 1. The van der Waals surface area contributed by atoms with Crippen LogP contribution in [0.15, 0.2) is 30.5 Å². The Bertz CT molecular complexity index is 685. The molecule has 1 amide bonds. The van der Waals surface area contributed by atoms with E-state index < -0.39 is 0 Å². The second-order valence-electron chi connectivity index (χ2n) is 5.99. The summed E-state index contributed by atoms with van der Waals surface area (Å²) >= 11 is 0. The molecule has 1 aliphatic heterocycles. The molecule has 1 saturated heterocycles. The van der Waals surface area contributed by atoms with Crippen LogP contribution in [0.2, 0.25) is 0 Å². The smallest absolute Gasteiger partial charge is 0.273 e. The van der Waals surface area contributed by atoms with Gasteiger partial charge in [0, 0.05) is 0 Å². The molecule has 0 atom stereocenters. The number of amides is 1. The number of carbonyl (C=O) groups is 1. The van der Waals surface area contributed by atoms with E-state index in [1.807, 2.05) is 31.2 Å². The molecule has 0 spiro atoms. The van der Waals surface area contributed by atoms with Gasteiger partial charge in [0.1, 0.15) is 12.4 Å². The normalized spacial score (nSPS) is 14.6. The van der Waals surface area contributed by atoms with Gasteiger partial charge in [-0.25, -0.2) is 4.68 Å². The molecule has 2 aromatic rings. The van der Waals surface area contributed by atoms with E-state index in [-0.39, 0.29) is 18.3 Å². The summed E-state index contributed by atoms with van der Waals surface area (Å²) in [6, 6.07) is 8.15. The second kappa shape index (κ2) is 9.39. The lowest BCUT2D eigenvalue weighted by atomic mass is 10.1. The molecule has 0 bridgehead atoms. The Kier molecular flexibility index (Phi) is 7.21. The van der Waals surface area contributed by atoms with E-state index >= 15 is 0 Å². The van der Waals surface area contributed by atoms with Crippen LogP contribution in [-0.2, 0) is 0 Å². The lowest BCUT2D eigenvalue weighted by Gasteiger charge is -2.22. The zero-order valence-corrected chi connectivity index (χ0v) is 15.1. The topological polar surface area (TPSA) is 81.1 Å². The average Bonchev–Trinajstić information content (AvgIpc) is 3.10. The first-order chi connectivity index (χ1) is 11.7. The van der Waals surface area contributed by atoms with Gasteiger partial charge in [0.15, 0.2) is 5.69 Å². The number of aromatic nitrogens is 3. The van der Waals surface area contributed by atoms with Crippen molar-refractivity contribution < 1.29 is 9.53 Å². The largest absolute Gasteiger partial charge is 0.492 e. The van der Waals surface area contributed by atoms with E-state index in [1.165, 1.54) is 0 Å². The number of nitrogens with one attached hydrogen (secondary N) is 2. The van der Waals surface area contributed by atoms with Crippen LogP contribution in [0.25, 0.3) is 0 Å². The third-order valence-electron chi connectivity index (χ3n) is 4.07. The van der Waals surface area contributed by atoms with Crippen LogP contribution in [0.1, 0.15) is 34.9 Å². The number of aryl methyl sites for hydroxylation is 1. The van der Waals surface area contributed by atoms with Crippen LogP contribution in [0.5, 0.6) is 5.75 Å². The third-order valence-corrected chi connectivity index (χ3v) is 4.07. The van der Waals surface area contributed by atoms with Gasteiger partial charge in [0.05, 0.1) is 18.8 Å². The Morgan fingerprint density at radius 1 is 1.40 bits per heavy atom. The van der Waals surface area contributed by atoms with E-state index in [0.29, 0.717) is 24.9 Å². The van der Waals surface area contributed by atoms with Crippen LogP contribution >= 0.6 is 12.4 Å². The Morgan fingerprint density at radius 2 is 2.20 bits per heavy atom. The van der Waals surface area contributed by atoms with Crippen molar-refractivity contribution in [1.82, 2.24) is 25.6 Å². The van der Waals surface area contributed by atoms with Crippen molar-refractivity contribution >= 4 is 18.3 Å². The number of hydrogen-bond acceptors (Lipinski definition) is 5. The number of halogens is 1. The van der Waals surface area contributed by atoms with Gasteiger partial charge in [-0.2, -0.15) is 0 Å². The number of piperidine rings is 1. The molecule has 136 valence electrons. The predicted molar refractivity (Wildman–Crippen MR) is 97.4 cm³/mol. The molecular weight excluding hydrogens is 342 g/mol. The monoisotopic (exact) mass is 365 g/mol. The summed E-state index contributed by atoms with van der Waals surface area (Å²) in [5.41, 5.74) is 1.50. The van der Waals surface area contributed by atoms with Gasteiger partial charge < -0.3 is 15.4 Å². The maximum atomic E-state index is 12.1. The molecule has 2 heterocycles. The standard InChI is InChI=1S/C17H23N5O2.ClH/c1-13-3-2-4-15(11-13)24-10-9-19-17(23)16-12-22(21-20-16)14-5-7-18-8-6-14;/h2-4,11-12,14,18H,5-10H2,1H3,(H,19,23);1H. The van der Waals surface area contributed by atoms with E-state index in [2.05, 4.69) is 20.9 Å². The summed E-state index contributed by atoms with van der Waals surface area (Å²) in [5.74, 6) is 0.587. The van der Waals surface area contributed by atoms with E-state index in [1.54, 1.807) is 10.9 Å². The molecule has 0 aliphatic carbocycles. The fraction of sp³-hybridized carbons (Fsp3) is 0.471. The maximum Gasteiger partial charge on any atom is 0.273 e. The van der Waals surface area contributed by atoms with Crippen LogP contribution in [0.4, 0.5) is 0 Å². The lowest BCUT2D eigenvalue weighted by molar-refractivity contribution is 0.0942. The van der Waals surface area contributed by atoms with Crippen molar-refractivity contribution in [3.05, 3.63) is 41.7 Å². The second-order valence-corrected chi connectivity index (χ2v) is 5.99. The van der Waals surface area contributed by atoms with Gasteiger partial charge in [0.25, 0.3) is 5.91 Å². The van der Waals surface area contributed by atoms with Gasteiger partial charge in [-0.15, -0.1) is 17.5 Å². The summed E-state index contributed by atoms with van der Waals surface area (Å²) in [6.45, 7) is 4.80. The predicted octanol–water partition coefficient (Wildman–Crippen LogP) is 1.74. The zero-order valence-electron chi connectivity index (χ0n) is 14.3. The molecular formula is C17H24ClN5O2. The number of hydrogen-bond donors (Lipinski definition) is 2. The van der Waals surface area contributed by atoms with E-state index in [9.17, 15) is 4.79 Å². The molecule has 7 nitrogen and oxygen atoms in total. The summed E-state index contributed by atoms with van der Waals surface area (Å²) in [6.07, 6.45) is 3.75. The number of ether oxygens (including phenoxy) is 1. The first-order valence-corrected chi connectivity index (χ1v) is 8.32. The van der Waals surface area contributed by atoms with E-state index in [4.69, 9.17) is 4.74 Å². The van der Waals surface area contributed by atoms with Crippen molar-refractivity contribution in [3.8, 4) is 5.75 Å². The van der Waals surface area contributed by atoms with Crippen molar-refractivity contribution in [1.29, 1.82) is 0 Å². The average molecular weight is 366 g/mol. The molecule has 25 heavy (non-hydrogen) atoms. The highest BCUT2D eigenvalue weighted by Gasteiger charge is 2.18. The summed E-state index contributed by atoms with van der Waals surface area (Å²) < 4.78 is 7.42. The highest BCUT2D eigenvalue weighted by Crippen LogP contribution is 2.17. The maximum absolute atomic E-state index is 12.1. The van der Waals surface area contributed by atoms with Crippen molar-refractivity contribution in [2.75, 3.05) is 26.2 Å². The van der Waals surface area contributed by atoms with Gasteiger partial charge in [0.2, 0.25) is 0 Å². The zero-order chi connectivity index (χ0) is 16.8. The van der Waals surface area contributed by atoms with Gasteiger partial charge in [-0.3, -0.25) is 4.79 Å². The molecule has 1 aliphatic rings. The highest BCUT2D eigenvalue weighted by molar-refractivity contribution is 5.91. The SMILES string of the molecule is Cc1cccc(OCCNC(=O)c2cn(C3CCNCC3)nn2)c1.Cl. The van der Waals surface area contributed by atoms with Crippen LogP contribution in [0.3, 0.4) is 0 Å². The molecule has 1 aromatic carbocycles. The lowest BCUT2D eigenvalue weighted by Crippen LogP contribution is -2.30. The number of rotatable bonds is 6. The Labute approximate surface area is 153 Å². The molecule has 2 N–H and O–H groups in total. The highest BCUT2D eigenvalue weighted by atomic mass is 35.5. The first kappa shape index (κ1) is 19.2. The molecule has 0 unspecified atom stereocenters. The minimum Gasteiger partial charge on any atom is -0.492 e. The molecule has 0 radical (unpaired) electrons. The van der Waals surface area contributed by atoms with Crippen molar-refractivity contribution in [2.24, 2.45) is 0 Å². The molecule has 1 aromatic heterocycles. The fourth-order valence-electron chi connectivity index (χ4n) is 2.76. The number of carbonyl (C=O) groups excluding carboxylic acids is 1. The summed E-state index contributed by atoms with van der Waals surface area (Å²) in [5, 5.41) is 14.2. The summed E-state index contributed by atoms with van der Waals surface area (Å²) in [7, 11) is 0. The number of nitrogens with zero attached hydrogens (tertiary/aromatic N) is 3. The van der Waals surface area contributed by atoms with E-state index in [0.717, 1.165) is 37.2 Å². The minimum absolute atomic E-state index is 0. The molecule has 3 rings (SSSR count). The third kappa shape index (κ3) is 5.44. The Morgan fingerprint density at radius 3 is 2.96 bits per heavy atom. The first-order valence-electron chi connectivity index (χ1n) is 8.32. The fourth-order valence-corrected chi connectivity index (χ4v) is 2.76. The van der Waals surface area contributed by atoms with Crippen LogP contribution in [0, 0.1) is 6.92 Å². The van der Waals surface area contributed by atoms with Crippen molar-refractivity contribution in [3.63, 3.8) is 0 Å². The van der Waals surface area contributed by atoms with Gasteiger partial charge >= 0.3 is 0 Å². The minimum atomic E-state index is -0.219. The Hall–Kier alpha value is -2.12. The molecule has 8 heteroatoms. The van der Waals surface area contributed by atoms with Crippen LogP contribution < -0.4 is 15.4 Å². The van der Waals surface area contributed by atoms with Crippen LogP contribution in [-0.4, -0.2) is 47.1 Å². The van der Waals surface area contributed by atoms with Gasteiger partial charge in [-0.05, 0) is 50.6 Å². The summed E-state index contributed by atoms with van der Waals surface area (Å²) in [4.78, 5) is 12.1. The quantitative estimate of drug-likeness (QED) is 0.762. The Balaban J connectivity index is 0.00000225.